The van der Waals surface area contributed by atoms with Crippen LogP contribution in [0.5, 0.6) is 0 Å². The van der Waals surface area contributed by atoms with Gasteiger partial charge in [-0.3, -0.25) is 4.79 Å². The highest BCUT2D eigenvalue weighted by Gasteiger charge is 2.30. The summed E-state index contributed by atoms with van der Waals surface area (Å²) in [6.45, 7) is 5.86. The van der Waals surface area contributed by atoms with Gasteiger partial charge in [-0.15, -0.1) is 0 Å². The van der Waals surface area contributed by atoms with E-state index in [4.69, 9.17) is 4.74 Å². The molecular weight excluding hydrogens is 348 g/mol. The third-order valence-corrected chi connectivity index (χ3v) is 4.23. The van der Waals surface area contributed by atoms with Crippen molar-refractivity contribution in [1.82, 2.24) is 9.88 Å². The molecule has 22 heavy (non-hydrogen) atoms. The Balaban J connectivity index is 2.00. The molecule has 1 unspecified atom stereocenters. The Morgan fingerprint density at radius 2 is 2.00 bits per heavy atom. The molecule has 2 heterocycles. The maximum absolute atomic E-state index is 12.1. The molecule has 1 aromatic heterocycles. The van der Waals surface area contributed by atoms with Crippen molar-refractivity contribution >= 4 is 32.9 Å². The minimum atomic E-state index is -0.560. The van der Waals surface area contributed by atoms with E-state index < -0.39 is 11.7 Å². The number of aromatic nitrogens is 1. The second kappa shape index (κ2) is 5.12. The van der Waals surface area contributed by atoms with Crippen molar-refractivity contribution in [3.8, 4) is 0 Å². The van der Waals surface area contributed by atoms with E-state index in [0.29, 0.717) is 6.54 Å². The van der Waals surface area contributed by atoms with Gasteiger partial charge >= 0.3 is 6.09 Å². The molecule has 5 nitrogen and oxygen atoms in total. The van der Waals surface area contributed by atoms with E-state index in [1.807, 2.05) is 32.9 Å². The van der Waals surface area contributed by atoms with Crippen LogP contribution in [0.1, 0.15) is 32.4 Å². The molecule has 1 aliphatic rings. The number of benzene rings is 1. The van der Waals surface area contributed by atoms with E-state index in [2.05, 4.69) is 21.2 Å². The third-order valence-electron chi connectivity index (χ3n) is 3.54. The van der Waals surface area contributed by atoms with Crippen LogP contribution in [-0.2, 0) is 11.3 Å². The highest BCUT2D eigenvalue weighted by Crippen LogP contribution is 2.36. The predicted octanol–water partition coefficient (Wildman–Crippen LogP) is 3.34. The lowest BCUT2D eigenvalue weighted by Gasteiger charge is -2.22. The number of pyridine rings is 1. The summed E-state index contributed by atoms with van der Waals surface area (Å²) in [5, 5.41) is 3.84. The molecule has 116 valence electrons. The predicted molar refractivity (Wildman–Crippen MR) is 88.0 cm³/mol. The minimum Gasteiger partial charge on any atom is -0.444 e. The Bertz CT molecular complexity index is 820. The molecule has 1 aromatic carbocycles. The zero-order valence-electron chi connectivity index (χ0n) is 12.6. The number of amides is 1. The van der Waals surface area contributed by atoms with Crippen molar-refractivity contribution in [2.45, 2.75) is 39.0 Å². The number of ether oxygens (including phenoxy) is 1. The van der Waals surface area contributed by atoms with Crippen molar-refractivity contribution in [3.05, 3.63) is 44.7 Å². The summed E-state index contributed by atoms with van der Waals surface area (Å²) in [6.07, 6.45) is -0.484. The van der Waals surface area contributed by atoms with Crippen LogP contribution in [0.2, 0.25) is 0 Å². The van der Waals surface area contributed by atoms with Crippen LogP contribution in [0.25, 0.3) is 10.9 Å². The van der Waals surface area contributed by atoms with Gasteiger partial charge in [0, 0.05) is 16.1 Å². The van der Waals surface area contributed by atoms with Crippen molar-refractivity contribution in [1.29, 1.82) is 0 Å². The lowest BCUT2D eigenvalue weighted by atomic mass is 10.1. The number of carbonyl (C=O) groups is 1. The maximum atomic E-state index is 12.1. The first-order valence-corrected chi connectivity index (χ1v) is 7.87. The minimum absolute atomic E-state index is 0.0691. The molecule has 0 bridgehead atoms. The Morgan fingerprint density at radius 3 is 2.68 bits per heavy atom. The molecule has 0 radical (unpaired) electrons. The summed E-state index contributed by atoms with van der Waals surface area (Å²) in [6, 6.07) is 6.95. The highest BCUT2D eigenvalue weighted by atomic mass is 79.9. The molecule has 1 atom stereocenters. The molecule has 1 N–H and O–H groups in total. The summed E-state index contributed by atoms with van der Waals surface area (Å²) in [7, 11) is 0. The number of carbonyl (C=O) groups excluding carboxylic acids is 1. The number of rotatable bonds is 1. The normalized spacial score (nSPS) is 16.8. The Labute approximate surface area is 136 Å². The number of nitrogens with one attached hydrogen (secondary N) is 1. The van der Waals surface area contributed by atoms with Gasteiger partial charge in [-0.1, -0.05) is 22.0 Å². The van der Waals surface area contributed by atoms with Gasteiger partial charge in [0.05, 0.1) is 18.1 Å². The monoisotopic (exact) mass is 364 g/mol. The Kier molecular flexibility index (Phi) is 3.51. The van der Waals surface area contributed by atoms with Crippen molar-refractivity contribution in [3.63, 3.8) is 0 Å². The molecule has 0 saturated carbocycles. The summed E-state index contributed by atoms with van der Waals surface area (Å²) >= 11 is 3.52. The summed E-state index contributed by atoms with van der Waals surface area (Å²) in [5.41, 5.74) is 1.15. The Hall–Kier alpha value is -1.82. The van der Waals surface area contributed by atoms with Gasteiger partial charge in [0.1, 0.15) is 5.60 Å². The largest absolute Gasteiger partial charge is 0.444 e. The van der Waals surface area contributed by atoms with E-state index in [9.17, 15) is 9.59 Å². The molecular formula is C16H17BrN2O3. The fraction of sp³-hybridized carbons (Fsp3) is 0.375. The van der Waals surface area contributed by atoms with Gasteiger partial charge in [0.15, 0.2) is 0 Å². The first-order valence-electron chi connectivity index (χ1n) is 7.08. The molecule has 6 heteroatoms. The molecule has 0 aliphatic carbocycles. The second-order valence-electron chi connectivity index (χ2n) is 6.38. The second-order valence-corrected chi connectivity index (χ2v) is 7.23. The van der Waals surface area contributed by atoms with E-state index in [1.54, 1.807) is 16.7 Å². The summed E-state index contributed by atoms with van der Waals surface area (Å²) in [5.74, 6) is 0. The van der Waals surface area contributed by atoms with Crippen LogP contribution in [0.4, 0.5) is 4.79 Å². The standard InChI is InChI=1S/C16H17BrN2O3/c1-16(2,3)22-15(21)18-11-8-19-12(20)7-5-9-4-6-10(17)13(11)14(9)19/h4-7,11H,8H2,1-3H3,(H,18,21). The third kappa shape index (κ3) is 2.63. The molecule has 0 saturated heterocycles. The van der Waals surface area contributed by atoms with E-state index in [-0.39, 0.29) is 11.6 Å². The average Bonchev–Trinajstić information content (AvgIpc) is 2.76. The number of nitrogens with zero attached hydrogens (tertiary/aromatic N) is 1. The molecule has 1 aliphatic heterocycles. The van der Waals surface area contributed by atoms with Crippen molar-refractivity contribution < 1.29 is 9.53 Å². The first kappa shape index (κ1) is 15.1. The van der Waals surface area contributed by atoms with E-state index >= 15 is 0 Å². The maximum Gasteiger partial charge on any atom is 0.408 e. The van der Waals surface area contributed by atoms with Gasteiger partial charge in [-0.05, 0) is 38.3 Å². The number of hydrogen-bond donors (Lipinski definition) is 1. The van der Waals surface area contributed by atoms with Crippen LogP contribution in [-0.4, -0.2) is 16.3 Å². The molecule has 2 aromatic rings. The van der Waals surface area contributed by atoms with Gasteiger partial charge in [0.2, 0.25) is 0 Å². The van der Waals surface area contributed by atoms with Gasteiger partial charge in [-0.2, -0.15) is 0 Å². The highest BCUT2D eigenvalue weighted by molar-refractivity contribution is 9.10. The first-order chi connectivity index (χ1) is 10.3. The SMILES string of the molecule is CC(C)(C)OC(=O)NC1Cn2c(=O)ccc3ccc(Br)c1c32. The number of hydrogen-bond acceptors (Lipinski definition) is 3. The van der Waals surface area contributed by atoms with Crippen LogP contribution >= 0.6 is 15.9 Å². The van der Waals surface area contributed by atoms with Crippen molar-refractivity contribution in [2.75, 3.05) is 0 Å². The van der Waals surface area contributed by atoms with Crippen molar-refractivity contribution in [2.24, 2.45) is 0 Å². The van der Waals surface area contributed by atoms with Crippen LogP contribution < -0.4 is 10.9 Å². The van der Waals surface area contributed by atoms with Gasteiger partial charge < -0.3 is 14.6 Å². The van der Waals surface area contributed by atoms with Crippen LogP contribution in [0.15, 0.2) is 33.5 Å². The summed E-state index contributed by atoms with van der Waals surface area (Å²) in [4.78, 5) is 24.1. The van der Waals surface area contributed by atoms with E-state index in [0.717, 1.165) is 20.9 Å². The number of halogens is 1. The fourth-order valence-corrected chi connectivity index (χ4v) is 3.35. The molecule has 1 amide bonds. The lowest BCUT2D eigenvalue weighted by molar-refractivity contribution is 0.0501. The fourth-order valence-electron chi connectivity index (χ4n) is 2.75. The van der Waals surface area contributed by atoms with Gasteiger partial charge in [0.25, 0.3) is 5.56 Å². The zero-order chi connectivity index (χ0) is 16.1. The number of alkyl carbamates (subject to hydrolysis) is 1. The Morgan fingerprint density at radius 1 is 1.32 bits per heavy atom. The van der Waals surface area contributed by atoms with Crippen LogP contribution in [0.3, 0.4) is 0 Å². The topological polar surface area (TPSA) is 60.3 Å². The molecule has 0 fully saturated rings. The van der Waals surface area contributed by atoms with Crippen LogP contribution in [0, 0.1) is 0 Å². The summed E-state index contributed by atoms with van der Waals surface area (Å²) < 4.78 is 7.88. The van der Waals surface area contributed by atoms with E-state index in [1.165, 1.54) is 0 Å². The quantitative estimate of drug-likeness (QED) is 0.843. The smallest absolute Gasteiger partial charge is 0.408 e. The lowest BCUT2D eigenvalue weighted by Crippen LogP contribution is -2.35. The molecule has 3 rings (SSSR count). The zero-order valence-corrected chi connectivity index (χ0v) is 14.2. The average molecular weight is 365 g/mol. The molecule has 0 spiro atoms. The van der Waals surface area contributed by atoms with Gasteiger partial charge in [-0.25, -0.2) is 4.79 Å².